The van der Waals surface area contributed by atoms with Crippen LogP contribution in [0.15, 0.2) is 54.4 Å². The molecule has 1 amide bonds. The maximum Gasteiger partial charge on any atom is 0.228 e. The molecule has 0 aliphatic rings. The molecule has 0 aliphatic heterocycles. The van der Waals surface area contributed by atoms with Gasteiger partial charge in [0.2, 0.25) is 5.91 Å². The van der Waals surface area contributed by atoms with Gasteiger partial charge in [0.15, 0.2) is 0 Å². The van der Waals surface area contributed by atoms with Gasteiger partial charge in [-0.25, -0.2) is 4.98 Å². The number of rotatable bonds is 6. The number of carbonyl (C=O) groups excluding carboxylic acids is 1. The second kappa shape index (κ2) is 7.79. The van der Waals surface area contributed by atoms with Crippen molar-refractivity contribution >= 4 is 17.2 Å². The van der Waals surface area contributed by atoms with Crippen LogP contribution in [0.4, 0.5) is 0 Å². The van der Waals surface area contributed by atoms with Gasteiger partial charge in [-0.05, 0) is 36.2 Å². The lowest BCUT2D eigenvalue weighted by atomic mass is 10.2. The summed E-state index contributed by atoms with van der Waals surface area (Å²) in [6.45, 7) is 0.685. The summed E-state index contributed by atoms with van der Waals surface area (Å²) >= 11 is 1.55. The molecule has 0 atom stereocenters. The highest BCUT2D eigenvalue weighted by molar-refractivity contribution is 7.13. The molecule has 3 aromatic rings. The Bertz CT molecular complexity index is 789. The number of likely N-dealkylation sites (N-methyl/N-ethyl adjacent to an activating group) is 1. The van der Waals surface area contributed by atoms with Gasteiger partial charge in [0.25, 0.3) is 0 Å². The third-order valence-electron chi connectivity index (χ3n) is 3.72. The average Bonchev–Trinajstić information content (AvgIpc) is 3.10. The second-order valence-electron chi connectivity index (χ2n) is 5.48. The molecule has 0 saturated carbocycles. The van der Waals surface area contributed by atoms with E-state index in [9.17, 15) is 4.79 Å². The van der Waals surface area contributed by atoms with Gasteiger partial charge in [0.05, 0.1) is 12.1 Å². The molecule has 0 saturated heterocycles. The molecular weight excluding hydrogens is 320 g/mol. The Kier molecular flexibility index (Phi) is 5.28. The van der Waals surface area contributed by atoms with Crippen molar-refractivity contribution in [3.8, 4) is 10.6 Å². The standard InChI is InChI=1S/C18H18N4OS/c1-22(11-6-14-2-7-19-8-3-14)17(23)12-16-13-24-18(21-16)15-4-9-20-10-5-15/h2-5,7-10,13H,6,11-12H2,1H3. The van der Waals surface area contributed by atoms with E-state index in [1.807, 2.05) is 36.7 Å². The number of amides is 1. The molecule has 3 rings (SSSR count). The lowest BCUT2D eigenvalue weighted by Gasteiger charge is -2.16. The topological polar surface area (TPSA) is 59.0 Å². The summed E-state index contributed by atoms with van der Waals surface area (Å²) in [6.07, 6.45) is 8.18. The van der Waals surface area contributed by atoms with E-state index in [-0.39, 0.29) is 5.91 Å². The number of aromatic nitrogens is 3. The van der Waals surface area contributed by atoms with Crippen LogP contribution in [0.2, 0.25) is 0 Å². The highest BCUT2D eigenvalue weighted by Crippen LogP contribution is 2.23. The van der Waals surface area contributed by atoms with E-state index in [0.717, 1.165) is 22.7 Å². The summed E-state index contributed by atoms with van der Waals surface area (Å²) in [6, 6.07) is 7.79. The fourth-order valence-corrected chi connectivity index (χ4v) is 3.10. The van der Waals surface area contributed by atoms with Gasteiger partial charge in [-0.2, -0.15) is 0 Å². The molecule has 0 spiro atoms. The zero-order valence-electron chi connectivity index (χ0n) is 13.4. The predicted molar refractivity (Wildman–Crippen MR) is 94.6 cm³/mol. The summed E-state index contributed by atoms with van der Waals surface area (Å²) in [5.74, 6) is 0.0793. The van der Waals surface area contributed by atoms with Gasteiger partial charge >= 0.3 is 0 Å². The minimum Gasteiger partial charge on any atom is -0.345 e. The summed E-state index contributed by atoms with van der Waals surface area (Å²) < 4.78 is 0. The molecule has 3 heterocycles. The van der Waals surface area contributed by atoms with Gasteiger partial charge in [-0.1, -0.05) is 0 Å². The van der Waals surface area contributed by atoms with Crippen LogP contribution in [0.1, 0.15) is 11.3 Å². The van der Waals surface area contributed by atoms with Crippen molar-refractivity contribution in [3.05, 3.63) is 65.7 Å². The zero-order chi connectivity index (χ0) is 16.8. The minimum atomic E-state index is 0.0793. The average molecular weight is 338 g/mol. The van der Waals surface area contributed by atoms with Gasteiger partial charge in [-0.15, -0.1) is 11.3 Å². The Hall–Kier alpha value is -2.60. The summed E-state index contributed by atoms with van der Waals surface area (Å²) in [7, 11) is 1.83. The number of hydrogen-bond acceptors (Lipinski definition) is 5. The smallest absolute Gasteiger partial charge is 0.228 e. The molecule has 0 N–H and O–H groups in total. The third-order valence-corrected chi connectivity index (χ3v) is 4.66. The molecule has 24 heavy (non-hydrogen) atoms. The molecule has 3 aromatic heterocycles. The van der Waals surface area contributed by atoms with Crippen molar-refractivity contribution in [2.45, 2.75) is 12.8 Å². The number of thiazole rings is 1. The summed E-state index contributed by atoms with van der Waals surface area (Å²) in [5.41, 5.74) is 3.02. The van der Waals surface area contributed by atoms with E-state index in [0.29, 0.717) is 13.0 Å². The maximum absolute atomic E-state index is 12.3. The summed E-state index contributed by atoms with van der Waals surface area (Å²) in [4.78, 5) is 26.7. The zero-order valence-corrected chi connectivity index (χ0v) is 14.2. The van der Waals surface area contributed by atoms with Crippen molar-refractivity contribution < 1.29 is 4.79 Å². The van der Waals surface area contributed by atoms with Crippen molar-refractivity contribution in [2.24, 2.45) is 0 Å². The van der Waals surface area contributed by atoms with Crippen molar-refractivity contribution in [1.29, 1.82) is 0 Å². The Morgan fingerprint density at radius 3 is 2.46 bits per heavy atom. The highest BCUT2D eigenvalue weighted by Gasteiger charge is 2.13. The molecule has 6 heteroatoms. The predicted octanol–water partition coefficient (Wildman–Crippen LogP) is 2.84. The number of carbonyl (C=O) groups is 1. The molecule has 0 aliphatic carbocycles. The van der Waals surface area contributed by atoms with Crippen LogP contribution in [0.25, 0.3) is 10.6 Å². The van der Waals surface area contributed by atoms with Gasteiger partial charge in [0, 0.05) is 49.3 Å². The Balaban J connectivity index is 1.55. The fourth-order valence-electron chi connectivity index (χ4n) is 2.28. The lowest BCUT2D eigenvalue weighted by Crippen LogP contribution is -2.30. The Morgan fingerprint density at radius 1 is 1.08 bits per heavy atom. The minimum absolute atomic E-state index is 0.0793. The Labute approximate surface area is 145 Å². The quantitative estimate of drug-likeness (QED) is 0.693. The van der Waals surface area contributed by atoms with Gasteiger partial charge in [0.1, 0.15) is 5.01 Å². The first kappa shape index (κ1) is 16.3. The van der Waals surface area contributed by atoms with E-state index in [1.165, 1.54) is 5.56 Å². The monoisotopic (exact) mass is 338 g/mol. The molecule has 0 unspecified atom stereocenters. The van der Waals surface area contributed by atoms with Gasteiger partial charge in [-0.3, -0.25) is 14.8 Å². The molecule has 122 valence electrons. The van der Waals surface area contributed by atoms with E-state index in [4.69, 9.17) is 0 Å². The SMILES string of the molecule is CN(CCc1ccncc1)C(=O)Cc1csc(-c2ccncc2)n1. The highest BCUT2D eigenvalue weighted by atomic mass is 32.1. The molecule has 0 aromatic carbocycles. The van der Waals surface area contributed by atoms with E-state index < -0.39 is 0 Å². The molecule has 0 bridgehead atoms. The first-order valence-electron chi connectivity index (χ1n) is 7.70. The van der Waals surface area contributed by atoms with Crippen LogP contribution >= 0.6 is 11.3 Å². The second-order valence-corrected chi connectivity index (χ2v) is 6.34. The number of hydrogen-bond donors (Lipinski definition) is 0. The van der Waals surface area contributed by atoms with Crippen LogP contribution in [-0.4, -0.2) is 39.4 Å². The largest absolute Gasteiger partial charge is 0.345 e. The van der Waals surface area contributed by atoms with Crippen LogP contribution < -0.4 is 0 Å². The van der Waals surface area contributed by atoms with Crippen molar-refractivity contribution in [1.82, 2.24) is 19.9 Å². The summed E-state index contributed by atoms with van der Waals surface area (Å²) in [5, 5.41) is 2.87. The normalized spacial score (nSPS) is 10.5. The van der Waals surface area contributed by atoms with E-state index >= 15 is 0 Å². The fraction of sp³-hybridized carbons (Fsp3) is 0.222. The van der Waals surface area contributed by atoms with Crippen molar-refractivity contribution in [2.75, 3.05) is 13.6 Å². The number of pyridine rings is 2. The third kappa shape index (κ3) is 4.23. The first-order valence-corrected chi connectivity index (χ1v) is 8.58. The lowest BCUT2D eigenvalue weighted by molar-refractivity contribution is -0.129. The van der Waals surface area contributed by atoms with Gasteiger partial charge < -0.3 is 4.90 Å². The van der Waals surface area contributed by atoms with Crippen LogP contribution in [-0.2, 0) is 17.6 Å². The van der Waals surface area contributed by atoms with Crippen molar-refractivity contribution in [3.63, 3.8) is 0 Å². The molecular formula is C18H18N4OS. The van der Waals surface area contributed by atoms with Crippen LogP contribution in [0, 0.1) is 0 Å². The van der Waals surface area contributed by atoms with Crippen LogP contribution in [0.5, 0.6) is 0 Å². The van der Waals surface area contributed by atoms with E-state index in [2.05, 4.69) is 15.0 Å². The molecule has 0 fully saturated rings. The number of nitrogens with zero attached hydrogens (tertiary/aromatic N) is 4. The molecule has 5 nitrogen and oxygen atoms in total. The first-order chi connectivity index (χ1) is 11.7. The van der Waals surface area contributed by atoms with E-state index in [1.54, 1.807) is 41.0 Å². The van der Waals surface area contributed by atoms with Crippen LogP contribution in [0.3, 0.4) is 0 Å². The Morgan fingerprint density at radius 2 is 1.75 bits per heavy atom. The molecule has 0 radical (unpaired) electrons. The maximum atomic E-state index is 12.3.